The van der Waals surface area contributed by atoms with E-state index in [1.54, 1.807) is 12.4 Å². The number of pyridine rings is 1. The number of carbonyl (C=O) groups excluding carboxylic acids is 1. The minimum Gasteiger partial charge on any atom is -0.339 e. The maximum Gasteiger partial charge on any atom is 0.255 e. The number of nitrogens with one attached hydrogen (secondary N) is 1. The molecular formula is C14H23Cl2N3O. The number of hydrogen-bond acceptors (Lipinski definition) is 3. The maximum atomic E-state index is 12.3. The van der Waals surface area contributed by atoms with Gasteiger partial charge in [-0.05, 0) is 50.9 Å². The molecule has 0 spiro atoms. The number of likely N-dealkylation sites (tertiary alicyclic amines) is 1. The van der Waals surface area contributed by atoms with Crippen molar-refractivity contribution in [3.63, 3.8) is 0 Å². The Morgan fingerprint density at radius 2 is 2.00 bits per heavy atom. The van der Waals surface area contributed by atoms with Gasteiger partial charge in [0.25, 0.3) is 5.91 Å². The second-order valence-corrected chi connectivity index (χ2v) is 5.04. The molecule has 1 aromatic heterocycles. The summed E-state index contributed by atoms with van der Waals surface area (Å²) in [5.74, 6) is 0.823. The van der Waals surface area contributed by atoms with Crippen LogP contribution in [-0.4, -0.2) is 42.5 Å². The van der Waals surface area contributed by atoms with Crippen molar-refractivity contribution >= 4 is 30.7 Å². The lowest BCUT2D eigenvalue weighted by molar-refractivity contribution is 0.0690. The van der Waals surface area contributed by atoms with Crippen LogP contribution in [0.2, 0.25) is 0 Å². The molecular weight excluding hydrogens is 297 g/mol. The van der Waals surface area contributed by atoms with Gasteiger partial charge in [0.2, 0.25) is 0 Å². The van der Waals surface area contributed by atoms with Crippen molar-refractivity contribution in [3.05, 3.63) is 29.6 Å². The SMILES string of the molecule is CNCC1CCN(C(=O)c2cncc(C)c2)CC1.Cl.Cl. The van der Waals surface area contributed by atoms with Crippen molar-refractivity contribution in [3.8, 4) is 0 Å². The van der Waals surface area contributed by atoms with E-state index in [0.29, 0.717) is 11.5 Å². The zero-order valence-electron chi connectivity index (χ0n) is 12.0. The van der Waals surface area contributed by atoms with E-state index in [-0.39, 0.29) is 30.7 Å². The fourth-order valence-corrected chi connectivity index (χ4v) is 2.48. The Bertz CT molecular complexity index is 421. The van der Waals surface area contributed by atoms with E-state index in [1.807, 2.05) is 24.9 Å². The van der Waals surface area contributed by atoms with Crippen LogP contribution < -0.4 is 5.32 Å². The molecule has 4 nitrogen and oxygen atoms in total. The molecule has 1 fully saturated rings. The molecule has 0 unspecified atom stereocenters. The average molecular weight is 320 g/mol. The topological polar surface area (TPSA) is 45.2 Å². The molecule has 0 radical (unpaired) electrons. The molecule has 0 aromatic carbocycles. The number of aromatic nitrogens is 1. The van der Waals surface area contributed by atoms with Gasteiger partial charge in [0.1, 0.15) is 0 Å². The second-order valence-electron chi connectivity index (χ2n) is 5.04. The summed E-state index contributed by atoms with van der Waals surface area (Å²) in [7, 11) is 1.98. The molecule has 6 heteroatoms. The first-order valence-electron chi connectivity index (χ1n) is 6.56. The van der Waals surface area contributed by atoms with Crippen LogP contribution in [0.1, 0.15) is 28.8 Å². The fraction of sp³-hybridized carbons (Fsp3) is 0.571. The number of hydrogen-bond donors (Lipinski definition) is 1. The van der Waals surface area contributed by atoms with Gasteiger partial charge in [0, 0.05) is 25.5 Å². The standard InChI is InChI=1S/C14H21N3O.2ClH/c1-11-7-13(10-16-8-11)14(18)17-5-3-12(4-6-17)9-15-2;;/h7-8,10,12,15H,3-6,9H2,1-2H3;2*1H. The fourth-order valence-electron chi connectivity index (χ4n) is 2.48. The summed E-state index contributed by atoms with van der Waals surface area (Å²) >= 11 is 0. The van der Waals surface area contributed by atoms with Crippen LogP contribution >= 0.6 is 24.8 Å². The first-order valence-corrected chi connectivity index (χ1v) is 6.56. The van der Waals surface area contributed by atoms with Crippen molar-refractivity contribution in [2.45, 2.75) is 19.8 Å². The van der Waals surface area contributed by atoms with Crippen molar-refractivity contribution in [1.29, 1.82) is 0 Å². The average Bonchev–Trinajstić information content (AvgIpc) is 2.39. The molecule has 1 aliphatic rings. The van der Waals surface area contributed by atoms with E-state index in [1.165, 1.54) is 0 Å². The first kappa shape index (κ1) is 19.2. The van der Waals surface area contributed by atoms with Crippen LogP contribution in [-0.2, 0) is 0 Å². The van der Waals surface area contributed by atoms with Gasteiger partial charge in [-0.1, -0.05) is 0 Å². The van der Waals surface area contributed by atoms with Crippen molar-refractivity contribution in [2.24, 2.45) is 5.92 Å². The second kappa shape index (κ2) is 9.16. The number of halogens is 2. The summed E-state index contributed by atoms with van der Waals surface area (Å²) in [6.45, 7) is 4.73. The van der Waals surface area contributed by atoms with Gasteiger partial charge in [-0.25, -0.2) is 0 Å². The number of amides is 1. The van der Waals surface area contributed by atoms with E-state index >= 15 is 0 Å². The molecule has 1 saturated heterocycles. The third-order valence-corrected chi connectivity index (χ3v) is 3.52. The van der Waals surface area contributed by atoms with Gasteiger partial charge < -0.3 is 10.2 Å². The third-order valence-electron chi connectivity index (χ3n) is 3.52. The van der Waals surface area contributed by atoms with Gasteiger partial charge in [0.15, 0.2) is 0 Å². The van der Waals surface area contributed by atoms with E-state index < -0.39 is 0 Å². The number of carbonyl (C=O) groups is 1. The van der Waals surface area contributed by atoms with Crippen LogP contribution in [0, 0.1) is 12.8 Å². The first-order chi connectivity index (χ1) is 8.70. The van der Waals surface area contributed by atoms with Gasteiger partial charge in [-0.15, -0.1) is 24.8 Å². The monoisotopic (exact) mass is 319 g/mol. The Kier molecular flexibility index (Phi) is 8.78. The maximum absolute atomic E-state index is 12.3. The van der Waals surface area contributed by atoms with Crippen LogP contribution in [0.25, 0.3) is 0 Å². The molecule has 0 atom stereocenters. The Hall–Kier alpha value is -0.840. The lowest BCUT2D eigenvalue weighted by atomic mass is 9.96. The molecule has 0 bridgehead atoms. The summed E-state index contributed by atoms with van der Waals surface area (Å²) < 4.78 is 0. The zero-order valence-corrected chi connectivity index (χ0v) is 13.6. The summed E-state index contributed by atoms with van der Waals surface area (Å²) in [5, 5.41) is 3.21. The molecule has 2 rings (SSSR count). The highest BCUT2D eigenvalue weighted by molar-refractivity contribution is 5.94. The minimum atomic E-state index is 0. The number of nitrogens with zero attached hydrogens (tertiary/aromatic N) is 2. The van der Waals surface area contributed by atoms with Crippen LogP contribution in [0.4, 0.5) is 0 Å². The summed E-state index contributed by atoms with van der Waals surface area (Å²) in [6, 6.07) is 1.91. The molecule has 1 amide bonds. The van der Waals surface area contributed by atoms with E-state index in [0.717, 1.165) is 38.0 Å². The van der Waals surface area contributed by atoms with Gasteiger partial charge in [0.05, 0.1) is 5.56 Å². The summed E-state index contributed by atoms with van der Waals surface area (Å²) in [4.78, 5) is 18.3. The molecule has 0 aliphatic carbocycles. The lowest BCUT2D eigenvalue weighted by Crippen LogP contribution is -2.40. The normalized spacial score (nSPS) is 15.2. The number of rotatable bonds is 3. The molecule has 1 N–H and O–H groups in total. The van der Waals surface area contributed by atoms with Crippen molar-refractivity contribution in [1.82, 2.24) is 15.2 Å². The highest BCUT2D eigenvalue weighted by atomic mass is 35.5. The van der Waals surface area contributed by atoms with E-state index in [4.69, 9.17) is 0 Å². The zero-order chi connectivity index (χ0) is 13.0. The predicted molar refractivity (Wildman–Crippen MR) is 86.0 cm³/mol. The smallest absolute Gasteiger partial charge is 0.255 e. The molecule has 2 heterocycles. The Balaban J connectivity index is 0.00000180. The number of aryl methyl sites for hydroxylation is 1. The van der Waals surface area contributed by atoms with Crippen LogP contribution in [0.15, 0.2) is 18.5 Å². The predicted octanol–water partition coefficient (Wildman–Crippen LogP) is 2.31. The molecule has 114 valence electrons. The minimum absolute atomic E-state index is 0. The number of piperidine rings is 1. The Morgan fingerprint density at radius 1 is 1.35 bits per heavy atom. The van der Waals surface area contributed by atoms with E-state index in [2.05, 4.69) is 10.3 Å². The van der Waals surface area contributed by atoms with Gasteiger partial charge in [-0.3, -0.25) is 9.78 Å². The highest BCUT2D eigenvalue weighted by Gasteiger charge is 2.23. The Morgan fingerprint density at radius 3 is 2.55 bits per heavy atom. The summed E-state index contributed by atoms with van der Waals surface area (Å²) in [5.41, 5.74) is 1.74. The van der Waals surface area contributed by atoms with Crippen LogP contribution in [0.3, 0.4) is 0 Å². The molecule has 0 saturated carbocycles. The van der Waals surface area contributed by atoms with E-state index in [9.17, 15) is 4.79 Å². The lowest BCUT2D eigenvalue weighted by Gasteiger charge is -2.32. The van der Waals surface area contributed by atoms with Gasteiger partial charge >= 0.3 is 0 Å². The van der Waals surface area contributed by atoms with Crippen molar-refractivity contribution in [2.75, 3.05) is 26.7 Å². The molecule has 1 aliphatic heterocycles. The Labute approximate surface area is 133 Å². The van der Waals surface area contributed by atoms with Gasteiger partial charge in [-0.2, -0.15) is 0 Å². The molecule has 1 aromatic rings. The third kappa shape index (κ3) is 4.93. The largest absolute Gasteiger partial charge is 0.339 e. The quantitative estimate of drug-likeness (QED) is 0.929. The highest BCUT2D eigenvalue weighted by Crippen LogP contribution is 2.18. The van der Waals surface area contributed by atoms with Crippen LogP contribution in [0.5, 0.6) is 0 Å². The summed E-state index contributed by atoms with van der Waals surface area (Å²) in [6.07, 6.45) is 5.61. The molecule has 20 heavy (non-hydrogen) atoms. The van der Waals surface area contributed by atoms with Crippen molar-refractivity contribution < 1.29 is 4.79 Å².